The molecule has 166 valence electrons. The number of hydrogen-bond acceptors (Lipinski definition) is 4. The molecule has 32 heavy (non-hydrogen) atoms. The highest BCUT2D eigenvalue weighted by Crippen LogP contribution is 2.34. The summed E-state index contributed by atoms with van der Waals surface area (Å²) < 4.78 is 34.0. The Balaban J connectivity index is 1.40. The van der Waals surface area contributed by atoms with Gasteiger partial charge in [0.15, 0.2) is 0 Å². The van der Waals surface area contributed by atoms with Gasteiger partial charge in [-0.05, 0) is 49.8 Å². The molecule has 0 saturated carbocycles. The van der Waals surface area contributed by atoms with Gasteiger partial charge in [-0.25, -0.2) is 13.2 Å². The lowest BCUT2D eigenvalue weighted by Gasteiger charge is -2.40. The van der Waals surface area contributed by atoms with E-state index in [1.807, 2.05) is 62.4 Å². The summed E-state index contributed by atoms with van der Waals surface area (Å²) in [5.41, 5.74) is 4.03. The average molecular weight is 451 g/mol. The number of piperidine rings is 1. The highest BCUT2D eigenvalue weighted by Gasteiger charge is 2.37. The number of rotatable bonds is 3. The molecule has 2 aliphatic rings. The summed E-state index contributed by atoms with van der Waals surface area (Å²) in [5, 5.41) is 1.70. The van der Waals surface area contributed by atoms with Gasteiger partial charge in [-0.3, -0.25) is 4.90 Å². The normalized spacial score (nSPS) is 17.9. The van der Waals surface area contributed by atoms with Gasteiger partial charge in [-0.1, -0.05) is 48.0 Å². The number of cyclic esters (lactones) is 1. The van der Waals surface area contributed by atoms with E-state index in [0.29, 0.717) is 30.8 Å². The van der Waals surface area contributed by atoms with Gasteiger partial charge in [-0.15, -0.1) is 0 Å². The number of benzene rings is 3. The van der Waals surface area contributed by atoms with E-state index in [1.54, 1.807) is 15.3 Å². The quantitative estimate of drug-likeness (QED) is 0.577. The van der Waals surface area contributed by atoms with Crippen LogP contribution in [0.3, 0.4) is 0 Å². The minimum absolute atomic E-state index is 0.0922. The van der Waals surface area contributed by atoms with Crippen molar-refractivity contribution >= 4 is 32.6 Å². The fourth-order valence-corrected chi connectivity index (χ4v) is 6.51. The molecule has 5 rings (SSSR count). The molecule has 6 nitrogen and oxygen atoms in total. The third kappa shape index (κ3) is 3.45. The zero-order valence-corrected chi connectivity index (χ0v) is 19.1. The molecule has 3 aromatic rings. The van der Waals surface area contributed by atoms with Crippen molar-refractivity contribution in [1.82, 2.24) is 4.31 Å². The van der Waals surface area contributed by atoms with Crippen molar-refractivity contribution in [3.05, 3.63) is 71.3 Å². The minimum atomic E-state index is -3.64. The highest BCUT2D eigenvalue weighted by atomic mass is 32.2. The number of anilines is 1. The molecule has 0 aromatic heterocycles. The Morgan fingerprint density at radius 3 is 2.41 bits per heavy atom. The van der Waals surface area contributed by atoms with Crippen molar-refractivity contribution in [2.24, 2.45) is 0 Å². The molecular formula is C25H26N2O4S. The number of sulfonamides is 1. The van der Waals surface area contributed by atoms with Gasteiger partial charge in [0.25, 0.3) is 0 Å². The number of amides is 1. The van der Waals surface area contributed by atoms with Crippen LogP contribution in [-0.4, -0.2) is 37.9 Å². The van der Waals surface area contributed by atoms with E-state index < -0.39 is 10.0 Å². The molecule has 1 saturated heterocycles. The number of carbonyl (C=O) groups is 1. The largest absolute Gasteiger partial charge is 0.444 e. The lowest BCUT2D eigenvalue weighted by molar-refractivity contribution is 0.135. The smallest absolute Gasteiger partial charge is 0.414 e. The van der Waals surface area contributed by atoms with Crippen LogP contribution >= 0.6 is 0 Å². The third-order valence-corrected chi connectivity index (χ3v) is 8.51. The van der Waals surface area contributed by atoms with Crippen LogP contribution in [0, 0.1) is 13.8 Å². The maximum absolute atomic E-state index is 13.5. The lowest BCUT2D eigenvalue weighted by atomic mass is 10.0. The Kier molecular flexibility index (Phi) is 5.18. The standard InChI is InChI=1S/C25H26N2O4S/c1-17-7-9-23-19(15-17)16-31-25(28)27(23)20-11-13-26(14-12-20)32(29,30)24-10-8-18(2)21-5-3-4-6-22(21)24/h3-10,15,20H,11-14,16H2,1-2H3. The zero-order valence-electron chi connectivity index (χ0n) is 18.2. The summed E-state index contributed by atoms with van der Waals surface area (Å²) in [7, 11) is -3.64. The summed E-state index contributed by atoms with van der Waals surface area (Å²) in [6, 6.07) is 17.1. The van der Waals surface area contributed by atoms with Gasteiger partial charge in [0.2, 0.25) is 10.0 Å². The molecule has 7 heteroatoms. The first-order valence-electron chi connectivity index (χ1n) is 10.9. The molecule has 0 atom stereocenters. The van der Waals surface area contributed by atoms with Gasteiger partial charge < -0.3 is 4.74 Å². The number of ether oxygens (including phenoxy) is 1. The minimum Gasteiger partial charge on any atom is -0.444 e. The molecule has 0 aliphatic carbocycles. The molecule has 0 bridgehead atoms. The van der Waals surface area contributed by atoms with Crippen LogP contribution in [0.15, 0.2) is 59.5 Å². The van der Waals surface area contributed by atoms with Crippen molar-refractivity contribution in [3.63, 3.8) is 0 Å². The summed E-state index contributed by atoms with van der Waals surface area (Å²) in [6.45, 7) is 5.00. The molecule has 0 N–H and O–H groups in total. The van der Waals surface area contributed by atoms with E-state index in [1.165, 1.54) is 0 Å². The third-order valence-electron chi connectivity index (χ3n) is 6.55. The van der Waals surface area contributed by atoms with Crippen LogP contribution in [0.2, 0.25) is 0 Å². The molecule has 1 amide bonds. The maximum atomic E-state index is 13.5. The molecule has 0 unspecified atom stereocenters. The Morgan fingerprint density at radius 2 is 1.66 bits per heavy atom. The Bertz CT molecular complexity index is 1310. The number of fused-ring (bicyclic) bond motifs is 2. The van der Waals surface area contributed by atoms with E-state index in [-0.39, 0.29) is 18.7 Å². The first-order chi connectivity index (χ1) is 15.4. The summed E-state index contributed by atoms with van der Waals surface area (Å²) in [6.07, 6.45) is 0.767. The van der Waals surface area contributed by atoms with Crippen molar-refractivity contribution in [3.8, 4) is 0 Å². The van der Waals surface area contributed by atoms with E-state index in [0.717, 1.165) is 33.2 Å². The SMILES string of the molecule is Cc1ccc2c(c1)COC(=O)N2C1CCN(S(=O)(=O)c2ccc(C)c3ccccc23)CC1. The Morgan fingerprint density at radius 1 is 0.938 bits per heavy atom. The fourth-order valence-electron chi connectivity index (χ4n) is 4.84. The van der Waals surface area contributed by atoms with Crippen LogP contribution in [0.5, 0.6) is 0 Å². The first kappa shape index (κ1) is 21.0. The number of hydrogen-bond donors (Lipinski definition) is 0. The number of carbonyl (C=O) groups excluding carboxylic acids is 1. The number of aryl methyl sites for hydroxylation is 2. The topological polar surface area (TPSA) is 66.9 Å². The molecule has 1 fully saturated rings. The lowest BCUT2D eigenvalue weighted by Crippen LogP contribution is -2.50. The van der Waals surface area contributed by atoms with Crippen molar-refractivity contribution < 1.29 is 17.9 Å². The van der Waals surface area contributed by atoms with Crippen LogP contribution in [0.4, 0.5) is 10.5 Å². The van der Waals surface area contributed by atoms with E-state index >= 15 is 0 Å². The fraction of sp³-hybridized carbons (Fsp3) is 0.320. The van der Waals surface area contributed by atoms with E-state index in [2.05, 4.69) is 0 Å². The monoisotopic (exact) mass is 450 g/mol. The van der Waals surface area contributed by atoms with E-state index in [4.69, 9.17) is 4.74 Å². The average Bonchev–Trinajstić information content (AvgIpc) is 2.79. The van der Waals surface area contributed by atoms with E-state index in [9.17, 15) is 13.2 Å². The Hall–Kier alpha value is -2.90. The van der Waals surface area contributed by atoms with Crippen molar-refractivity contribution in [1.29, 1.82) is 0 Å². The van der Waals surface area contributed by atoms with Crippen LogP contribution in [0.25, 0.3) is 10.8 Å². The van der Waals surface area contributed by atoms with Gasteiger partial charge in [-0.2, -0.15) is 4.31 Å². The summed E-state index contributed by atoms with van der Waals surface area (Å²) >= 11 is 0. The second-order valence-electron chi connectivity index (χ2n) is 8.62. The van der Waals surface area contributed by atoms with Crippen LogP contribution in [-0.2, 0) is 21.4 Å². The zero-order chi connectivity index (χ0) is 22.5. The second kappa shape index (κ2) is 7.90. The van der Waals surface area contributed by atoms with Gasteiger partial charge in [0.05, 0.1) is 10.6 Å². The number of nitrogens with zero attached hydrogens (tertiary/aromatic N) is 2. The van der Waals surface area contributed by atoms with Crippen molar-refractivity contribution in [2.75, 3.05) is 18.0 Å². The van der Waals surface area contributed by atoms with Gasteiger partial charge >= 0.3 is 6.09 Å². The predicted molar refractivity (Wildman–Crippen MR) is 124 cm³/mol. The van der Waals surface area contributed by atoms with Crippen LogP contribution in [0.1, 0.15) is 29.5 Å². The first-order valence-corrected chi connectivity index (χ1v) is 12.3. The summed E-state index contributed by atoms with van der Waals surface area (Å²) in [4.78, 5) is 14.6. The molecular weight excluding hydrogens is 424 g/mol. The molecule has 2 aliphatic heterocycles. The molecule has 3 aromatic carbocycles. The van der Waals surface area contributed by atoms with Gasteiger partial charge in [0, 0.05) is 30.1 Å². The van der Waals surface area contributed by atoms with Crippen LogP contribution < -0.4 is 4.90 Å². The van der Waals surface area contributed by atoms with Crippen molar-refractivity contribution in [2.45, 2.75) is 44.2 Å². The molecule has 0 radical (unpaired) electrons. The highest BCUT2D eigenvalue weighted by molar-refractivity contribution is 7.89. The molecule has 0 spiro atoms. The van der Waals surface area contributed by atoms with Gasteiger partial charge in [0.1, 0.15) is 6.61 Å². The molecule has 2 heterocycles. The Labute approximate surface area is 188 Å². The maximum Gasteiger partial charge on any atom is 0.414 e. The second-order valence-corrected chi connectivity index (χ2v) is 10.5. The predicted octanol–water partition coefficient (Wildman–Crippen LogP) is 4.77. The summed E-state index contributed by atoms with van der Waals surface area (Å²) in [5.74, 6) is 0.